The zero-order chi connectivity index (χ0) is 13.7. The van der Waals surface area contributed by atoms with E-state index in [4.69, 9.17) is 0 Å². The van der Waals surface area contributed by atoms with Gasteiger partial charge in [0.25, 0.3) is 0 Å². The van der Waals surface area contributed by atoms with Crippen molar-refractivity contribution in [1.29, 1.82) is 0 Å². The van der Waals surface area contributed by atoms with Gasteiger partial charge in [0.2, 0.25) is 11.8 Å². The molecule has 2 saturated heterocycles. The molecule has 1 unspecified atom stereocenters. The van der Waals surface area contributed by atoms with Gasteiger partial charge in [0.15, 0.2) is 0 Å². The van der Waals surface area contributed by atoms with Gasteiger partial charge < -0.3 is 15.5 Å². The van der Waals surface area contributed by atoms with Crippen molar-refractivity contribution in [3.05, 3.63) is 0 Å². The molecule has 1 atom stereocenters. The summed E-state index contributed by atoms with van der Waals surface area (Å²) in [6.45, 7) is 2.88. The molecule has 0 radical (unpaired) electrons. The predicted molar refractivity (Wildman–Crippen MR) is 80.9 cm³/mol. The Kier molecular flexibility index (Phi) is 7.30. The largest absolute Gasteiger partial charge is 0.357 e. The van der Waals surface area contributed by atoms with E-state index in [1.165, 1.54) is 12.8 Å². The monoisotopic (exact) mass is 303 g/mol. The number of hydrogen-bond acceptors (Lipinski definition) is 3. The lowest BCUT2D eigenvalue weighted by Gasteiger charge is -2.26. The molecule has 6 heteroatoms. The van der Waals surface area contributed by atoms with Crippen molar-refractivity contribution < 1.29 is 9.59 Å². The summed E-state index contributed by atoms with van der Waals surface area (Å²) in [5, 5.41) is 5.99. The second-order valence-corrected chi connectivity index (χ2v) is 5.59. The van der Waals surface area contributed by atoms with Crippen molar-refractivity contribution in [3.8, 4) is 0 Å². The molecule has 0 bridgehead atoms. The molecule has 20 heavy (non-hydrogen) atoms. The van der Waals surface area contributed by atoms with Gasteiger partial charge in [-0.1, -0.05) is 0 Å². The number of amides is 2. The van der Waals surface area contributed by atoms with Crippen LogP contribution in [0.5, 0.6) is 0 Å². The summed E-state index contributed by atoms with van der Waals surface area (Å²) < 4.78 is 0. The van der Waals surface area contributed by atoms with Gasteiger partial charge in [0.1, 0.15) is 6.04 Å². The highest BCUT2D eigenvalue weighted by molar-refractivity contribution is 5.88. The number of halogens is 1. The SMILES string of the molecule is CNC(=O)C1CCCN1C(=O)CCC1CCNCC1.Cl. The Morgan fingerprint density at radius 3 is 2.60 bits per heavy atom. The Balaban J connectivity index is 0.00000200. The van der Waals surface area contributed by atoms with Crippen LogP contribution < -0.4 is 10.6 Å². The van der Waals surface area contributed by atoms with E-state index in [1.807, 2.05) is 0 Å². The summed E-state index contributed by atoms with van der Waals surface area (Å²) in [5.41, 5.74) is 0. The van der Waals surface area contributed by atoms with Gasteiger partial charge in [-0.15, -0.1) is 12.4 Å². The van der Waals surface area contributed by atoms with E-state index in [0.717, 1.165) is 38.9 Å². The molecule has 2 aliphatic heterocycles. The zero-order valence-corrected chi connectivity index (χ0v) is 13.0. The van der Waals surface area contributed by atoms with E-state index in [1.54, 1.807) is 11.9 Å². The van der Waals surface area contributed by atoms with Gasteiger partial charge in [-0.3, -0.25) is 9.59 Å². The molecule has 2 aliphatic rings. The molecule has 2 amide bonds. The summed E-state index contributed by atoms with van der Waals surface area (Å²) in [4.78, 5) is 25.7. The fraction of sp³-hybridized carbons (Fsp3) is 0.857. The molecule has 2 heterocycles. The van der Waals surface area contributed by atoms with Crippen molar-refractivity contribution in [2.45, 2.75) is 44.6 Å². The lowest BCUT2D eigenvalue weighted by atomic mass is 9.93. The van der Waals surface area contributed by atoms with E-state index >= 15 is 0 Å². The van der Waals surface area contributed by atoms with Crippen LogP contribution in [0.2, 0.25) is 0 Å². The number of carbonyl (C=O) groups is 2. The fourth-order valence-electron chi connectivity index (χ4n) is 3.15. The number of rotatable bonds is 4. The minimum absolute atomic E-state index is 0. The molecule has 2 fully saturated rings. The van der Waals surface area contributed by atoms with E-state index < -0.39 is 0 Å². The van der Waals surface area contributed by atoms with Crippen LogP contribution in [0.3, 0.4) is 0 Å². The molecule has 0 saturated carbocycles. The third-order valence-electron chi connectivity index (χ3n) is 4.35. The van der Waals surface area contributed by atoms with Gasteiger partial charge in [-0.2, -0.15) is 0 Å². The van der Waals surface area contributed by atoms with Crippen LogP contribution in [0, 0.1) is 5.92 Å². The highest BCUT2D eigenvalue weighted by Gasteiger charge is 2.33. The molecule has 2 rings (SSSR count). The lowest BCUT2D eigenvalue weighted by molar-refractivity contribution is -0.138. The third-order valence-corrected chi connectivity index (χ3v) is 4.35. The molecule has 0 spiro atoms. The predicted octanol–water partition coefficient (Wildman–Crippen LogP) is 0.925. The van der Waals surface area contributed by atoms with Gasteiger partial charge in [0, 0.05) is 20.0 Å². The van der Waals surface area contributed by atoms with Crippen molar-refractivity contribution in [2.24, 2.45) is 5.92 Å². The van der Waals surface area contributed by atoms with E-state index in [0.29, 0.717) is 12.3 Å². The van der Waals surface area contributed by atoms with Crippen molar-refractivity contribution in [2.75, 3.05) is 26.7 Å². The van der Waals surface area contributed by atoms with Gasteiger partial charge in [-0.25, -0.2) is 0 Å². The number of carbonyl (C=O) groups excluding carboxylic acids is 2. The highest BCUT2D eigenvalue weighted by Crippen LogP contribution is 2.22. The summed E-state index contributed by atoms with van der Waals surface area (Å²) >= 11 is 0. The molecule has 0 aliphatic carbocycles. The zero-order valence-electron chi connectivity index (χ0n) is 12.2. The smallest absolute Gasteiger partial charge is 0.242 e. The standard InChI is InChI=1S/C14H25N3O2.ClH/c1-15-14(19)12-3-2-10-17(12)13(18)5-4-11-6-8-16-9-7-11;/h11-12,16H,2-10H2,1H3,(H,15,19);1H. The Bertz CT molecular complexity index is 332. The number of likely N-dealkylation sites (N-methyl/N-ethyl adjacent to an activating group) is 1. The summed E-state index contributed by atoms with van der Waals surface area (Å²) in [6.07, 6.45) is 5.66. The van der Waals surface area contributed by atoms with Crippen molar-refractivity contribution in [3.63, 3.8) is 0 Å². The Labute approximate surface area is 127 Å². The van der Waals surface area contributed by atoms with Crippen molar-refractivity contribution in [1.82, 2.24) is 15.5 Å². The highest BCUT2D eigenvalue weighted by atomic mass is 35.5. The lowest BCUT2D eigenvalue weighted by Crippen LogP contribution is -2.45. The average molecular weight is 304 g/mol. The first-order chi connectivity index (χ1) is 9.22. The Hall–Kier alpha value is -0.810. The van der Waals surface area contributed by atoms with E-state index in [9.17, 15) is 9.59 Å². The van der Waals surface area contributed by atoms with Crippen LogP contribution in [0.25, 0.3) is 0 Å². The number of piperidine rings is 1. The minimum Gasteiger partial charge on any atom is -0.357 e. The van der Waals surface area contributed by atoms with Crippen molar-refractivity contribution >= 4 is 24.2 Å². The van der Waals surface area contributed by atoms with Gasteiger partial charge in [0.05, 0.1) is 0 Å². The summed E-state index contributed by atoms with van der Waals surface area (Å²) in [6, 6.07) is -0.231. The number of hydrogen-bond donors (Lipinski definition) is 2. The normalized spacial score (nSPS) is 23.2. The Morgan fingerprint density at radius 1 is 1.25 bits per heavy atom. The second kappa shape index (κ2) is 8.47. The van der Waals surface area contributed by atoms with Crippen LogP contribution >= 0.6 is 12.4 Å². The molecular weight excluding hydrogens is 278 g/mol. The fourth-order valence-corrected chi connectivity index (χ4v) is 3.15. The van der Waals surface area contributed by atoms with Gasteiger partial charge >= 0.3 is 0 Å². The van der Waals surface area contributed by atoms with E-state index in [2.05, 4.69) is 10.6 Å². The maximum atomic E-state index is 12.2. The first-order valence-electron chi connectivity index (χ1n) is 7.44. The maximum absolute atomic E-state index is 12.2. The van der Waals surface area contributed by atoms with Crippen LogP contribution in [0.1, 0.15) is 38.5 Å². The molecule has 116 valence electrons. The molecular formula is C14H26ClN3O2. The first kappa shape index (κ1) is 17.2. The van der Waals surface area contributed by atoms with Crippen LogP contribution in [-0.2, 0) is 9.59 Å². The maximum Gasteiger partial charge on any atom is 0.242 e. The summed E-state index contributed by atoms with van der Waals surface area (Å²) in [5.74, 6) is 0.809. The Morgan fingerprint density at radius 2 is 1.95 bits per heavy atom. The number of likely N-dealkylation sites (tertiary alicyclic amines) is 1. The van der Waals surface area contributed by atoms with Gasteiger partial charge in [-0.05, 0) is 51.1 Å². The first-order valence-corrected chi connectivity index (χ1v) is 7.44. The quantitative estimate of drug-likeness (QED) is 0.812. The molecule has 0 aromatic heterocycles. The van der Waals surface area contributed by atoms with Crippen LogP contribution in [0.4, 0.5) is 0 Å². The molecule has 2 N–H and O–H groups in total. The second-order valence-electron chi connectivity index (χ2n) is 5.59. The number of nitrogens with zero attached hydrogens (tertiary/aromatic N) is 1. The van der Waals surface area contributed by atoms with Crippen LogP contribution in [-0.4, -0.2) is 49.4 Å². The summed E-state index contributed by atoms with van der Waals surface area (Å²) in [7, 11) is 1.64. The molecule has 0 aromatic rings. The van der Waals surface area contributed by atoms with E-state index in [-0.39, 0.29) is 30.3 Å². The topological polar surface area (TPSA) is 61.4 Å². The molecule has 5 nitrogen and oxygen atoms in total. The molecule has 0 aromatic carbocycles. The minimum atomic E-state index is -0.231. The average Bonchev–Trinajstić information content (AvgIpc) is 2.94. The van der Waals surface area contributed by atoms with Crippen LogP contribution in [0.15, 0.2) is 0 Å². The number of nitrogens with one attached hydrogen (secondary N) is 2. The third kappa shape index (κ3) is 4.35.